The first-order valence-corrected chi connectivity index (χ1v) is 4.84. The van der Waals surface area contributed by atoms with E-state index in [0.717, 1.165) is 18.7 Å². The molecule has 0 aromatic carbocycles. The summed E-state index contributed by atoms with van der Waals surface area (Å²) in [5.74, 6) is 2.02. The van der Waals surface area contributed by atoms with Gasteiger partial charge in [0.1, 0.15) is 5.82 Å². The maximum Gasteiger partial charge on any atom is 0.216 e. The fourth-order valence-corrected chi connectivity index (χ4v) is 1.33. The van der Waals surface area contributed by atoms with E-state index in [-0.39, 0.29) is 0 Å². The molecule has 1 N–H and O–H groups in total. The van der Waals surface area contributed by atoms with Crippen LogP contribution in [0, 0.1) is 0 Å². The number of hydrogen-bond donors (Lipinski definition) is 1. The van der Waals surface area contributed by atoms with Gasteiger partial charge in [0.15, 0.2) is 11.0 Å². The van der Waals surface area contributed by atoms with Crippen LogP contribution in [-0.4, -0.2) is 15.2 Å². The average Bonchev–Trinajstić information content (AvgIpc) is 2.74. The van der Waals surface area contributed by atoms with Crippen molar-refractivity contribution in [1.29, 1.82) is 0 Å². The number of aryl methyl sites for hydroxylation is 1. The lowest BCUT2D eigenvalue weighted by Crippen LogP contribution is -1.84. The van der Waals surface area contributed by atoms with Gasteiger partial charge >= 0.3 is 0 Å². The Morgan fingerprint density at radius 2 is 2.36 bits per heavy atom. The van der Waals surface area contributed by atoms with Crippen LogP contribution in [0.4, 0.5) is 0 Å². The van der Waals surface area contributed by atoms with E-state index in [1.165, 1.54) is 0 Å². The van der Waals surface area contributed by atoms with Crippen molar-refractivity contribution in [3.05, 3.63) is 23.2 Å². The molecular weight excluding hydrogens is 202 g/mol. The van der Waals surface area contributed by atoms with Crippen LogP contribution in [0.2, 0.25) is 5.22 Å². The lowest BCUT2D eigenvalue weighted by molar-refractivity contribution is 0.579. The first kappa shape index (κ1) is 9.27. The Morgan fingerprint density at radius 1 is 1.50 bits per heavy atom. The van der Waals surface area contributed by atoms with Crippen molar-refractivity contribution in [2.45, 2.75) is 19.8 Å². The summed E-state index contributed by atoms with van der Waals surface area (Å²) in [6.07, 6.45) is 1.93. The van der Waals surface area contributed by atoms with Crippen molar-refractivity contribution in [3.8, 4) is 11.6 Å². The molecule has 0 unspecified atom stereocenters. The minimum atomic E-state index is 0.349. The quantitative estimate of drug-likeness (QED) is 0.849. The first-order valence-electron chi connectivity index (χ1n) is 4.46. The number of halogens is 1. The number of rotatable bonds is 3. The van der Waals surface area contributed by atoms with Crippen molar-refractivity contribution in [2.75, 3.05) is 0 Å². The van der Waals surface area contributed by atoms with E-state index in [2.05, 4.69) is 22.1 Å². The van der Waals surface area contributed by atoms with E-state index in [1.807, 2.05) is 0 Å². The van der Waals surface area contributed by atoms with Gasteiger partial charge in [-0.15, -0.1) is 0 Å². The minimum absolute atomic E-state index is 0.349. The van der Waals surface area contributed by atoms with E-state index in [1.54, 1.807) is 12.1 Å². The Balaban J connectivity index is 2.24. The molecule has 0 radical (unpaired) electrons. The molecule has 2 aromatic rings. The van der Waals surface area contributed by atoms with Gasteiger partial charge in [0.05, 0.1) is 0 Å². The van der Waals surface area contributed by atoms with Crippen LogP contribution < -0.4 is 0 Å². The zero-order valence-electron chi connectivity index (χ0n) is 7.75. The van der Waals surface area contributed by atoms with Gasteiger partial charge in [-0.05, 0) is 30.2 Å². The predicted molar refractivity (Wildman–Crippen MR) is 53.1 cm³/mol. The summed E-state index contributed by atoms with van der Waals surface area (Å²) < 4.78 is 5.18. The molecule has 0 saturated heterocycles. The van der Waals surface area contributed by atoms with Crippen molar-refractivity contribution in [1.82, 2.24) is 15.2 Å². The van der Waals surface area contributed by atoms with Crippen molar-refractivity contribution in [3.63, 3.8) is 0 Å². The fraction of sp³-hybridized carbons (Fsp3) is 0.333. The number of hydrogen-bond acceptors (Lipinski definition) is 3. The third kappa shape index (κ3) is 1.80. The van der Waals surface area contributed by atoms with Crippen LogP contribution in [0.3, 0.4) is 0 Å². The second kappa shape index (κ2) is 3.84. The average molecular weight is 212 g/mol. The molecular formula is C9H10ClN3O. The predicted octanol–water partition coefficient (Wildman–Crippen LogP) is 2.67. The lowest BCUT2D eigenvalue weighted by atomic mass is 10.3. The highest BCUT2D eigenvalue weighted by molar-refractivity contribution is 6.28. The Bertz CT molecular complexity index is 421. The smallest absolute Gasteiger partial charge is 0.216 e. The van der Waals surface area contributed by atoms with Gasteiger partial charge < -0.3 is 4.42 Å². The second-order valence-corrected chi connectivity index (χ2v) is 3.33. The largest absolute Gasteiger partial charge is 0.441 e. The highest BCUT2D eigenvalue weighted by atomic mass is 35.5. The summed E-state index contributed by atoms with van der Waals surface area (Å²) in [4.78, 5) is 4.26. The van der Waals surface area contributed by atoms with Gasteiger partial charge in [-0.2, -0.15) is 5.10 Å². The molecule has 0 saturated carbocycles. The molecule has 4 nitrogen and oxygen atoms in total. The van der Waals surface area contributed by atoms with Crippen LogP contribution in [0.5, 0.6) is 0 Å². The molecule has 5 heteroatoms. The standard InChI is InChI=1S/C9H10ClN3O/c1-2-3-8-11-9(13-12-8)6-4-5-7(10)14-6/h4-5H,2-3H2,1H3,(H,11,12,13). The van der Waals surface area contributed by atoms with Gasteiger partial charge in [0.2, 0.25) is 5.82 Å². The van der Waals surface area contributed by atoms with Crippen LogP contribution in [0.15, 0.2) is 16.5 Å². The highest BCUT2D eigenvalue weighted by Gasteiger charge is 2.08. The zero-order valence-corrected chi connectivity index (χ0v) is 8.51. The summed E-state index contributed by atoms with van der Waals surface area (Å²) in [5, 5.41) is 7.23. The Hall–Kier alpha value is -1.29. The van der Waals surface area contributed by atoms with Gasteiger partial charge in [0.25, 0.3) is 0 Å². The minimum Gasteiger partial charge on any atom is -0.441 e. The second-order valence-electron chi connectivity index (χ2n) is 2.96. The Morgan fingerprint density at radius 3 is 3.00 bits per heavy atom. The molecule has 0 fully saturated rings. The van der Waals surface area contributed by atoms with Crippen molar-refractivity contribution < 1.29 is 4.42 Å². The lowest BCUT2D eigenvalue weighted by Gasteiger charge is -1.87. The maximum absolute atomic E-state index is 5.65. The maximum atomic E-state index is 5.65. The number of H-pyrrole nitrogens is 1. The zero-order chi connectivity index (χ0) is 9.97. The molecule has 0 aliphatic rings. The van der Waals surface area contributed by atoms with Crippen molar-refractivity contribution in [2.24, 2.45) is 0 Å². The molecule has 0 atom stereocenters. The SMILES string of the molecule is CCCc1nc(-c2ccc(Cl)o2)n[nH]1. The normalized spacial score (nSPS) is 10.7. The third-order valence-corrected chi connectivity index (χ3v) is 2.02. The monoisotopic (exact) mass is 211 g/mol. The van der Waals surface area contributed by atoms with Crippen LogP contribution in [0.1, 0.15) is 19.2 Å². The number of nitrogens with one attached hydrogen (secondary N) is 1. The van der Waals surface area contributed by atoms with Crippen LogP contribution in [-0.2, 0) is 6.42 Å². The highest BCUT2D eigenvalue weighted by Crippen LogP contribution is 2.21. The Kier molecular flexibility index (Phi) is 2.54. The van der Waals surface area contributed by atoms with Gasteiger partial charge in [-0.1, -0.05) is 6.92 Å². The number of nitrogens with zero attached hydrogens (tertiary/aromatic N) is 2. The molecule has 2 rings (SSSR count). The van der Waals surface area contributed by atoms with E-state index in [4.69, 9.17) is 16.0 Å². The van der Waals surface area contributed by atoms with E-state index < -0.39 is 0 Å². The summed E-state index contributed by atoms with van der Waals surface area (Å²) in [5.41, 5.74) is 0. The summed E-state index contributed by atoms with van der Waals surface area (Å²) >= 11 is 5.65. The molecule has 14 heavy (non-hydrogen) atoms. The number of aromatic nitrogens is 3. The molecule has 74 valence electrons. The summed E-state index contributed by atoms with van der Waals surface area (Å²) in [6, 6.07) is 3.42. The molecule has 0 aliphatic heterocycles. The molecule has 0 bridgehead atoms. The molecule has 0 spiro atoms. The fourth-order valence-electron chi connectivity index (χ4n) is 1.19. The summed E-state index contributed by atoms with van der Waals surface area (Å²) in [7, 11) is 0. The van der Waals surface area contributed by atoms with E-state index >= 15 is 0 Å². The number of aromatic amines is 1. The molecule has 0 amide bonds. The van der Waals surface area contributed by atoms with Gasteiger partial charge in [0, 0.05) is 6.42 Å². The third-order valence-electron chi connectivity index (χ3n) is 1.81. The molecule has 0 aliphatic carbocycles. The van der Waals surface area contributed by atoms with Gasteiger partial charge in [-0.3, -0.25) is 5.10 Å². The molecule has 2 aromatic heterocycles. The van der Waals surface area contributed by atoms with Crippen LogP contribution in [0.25, 0.3) is 11.6 Å². The van der Waals surface area contributed by atoms with E-state index in [9.17, 15) is 0 Å². The topological polar surface area (TPSA) is 54.7 Å². The Labute approximate surface area is 86.3 Å². The first-order chi connectivity index (χ1) is 6.79. The summed E-state index contributed by atoms with van der Waals surface area (Å²) in [6.45, 7) is 2.09. The van der Waals surface area contributed by atoms with Crippen molar-refractivity contribution >= 4 is 11.6 Å². The van der Waals surface area contributed by atoms with Gasteiger partial charge in [-0.25, -0.2) is 4.98 Å². The number of furan rings is 1. The molecule has 2 heterocycles. The van der Waals surface area contributed by atoms with Crippen LogP contribution >= 0.6 is 11.6 Å². The van der Waals surface area contributed by atoms with E-state index in [0.29, 0.717) is 16.8 Å².